The van der Waals surface area contributed by atoms with Crippen molar-refractivity contribution in [1.29, 1.82) is 10.5 Å². The maximum atomic E-state index is 8.35. The molecule has 0 aliphatic carbocycles. The first kappa shape index (κ1) is 8.99. The molecule has 1 aliphatic rings. The zero-order valence-corrected chi connectivity index (χ0v) is 6.69. The number of ether oxygens (including phenoxy) is 2. The summed E-state index contributed by atoms with van der Waals surface area (Å²) in [7, 11) is 0. The minimum Gasteiger partial charge on any atom is -0.372 e. The van der Waals surface area contributed by atoms with E-state index in [-0.39, 0.29) is 12.2 Å². The summed E-state index contributed by atoms with van der Waals surface area (Å²) in [5.41, 5.74) is 0. The van der Waals surface area contributed by atoms with Gasteiger partial charge in [0, 0.05) is 0 Å². The van der Waals surface area contributed by atoms with Crippen molar-refractivity contribution in [3.63, 3.8) is 0 Å². The molecule has 1 aliphatic heterocycles. The third-order valence-electron chi connectivity index (χ3n) is 1.67. The van der Waals surface area contributed by atoms with Crippen LogP contribution in [0.3, 0.4) is 0 Å². The summed E-state index contributed by atoms with van der Waals surface area (Å²) >= 11 is 0. The highest BCUT2D eigenvalue weighted by atomic mass is 16.6. The summed E-state index contributed by atoms with van der Waals surface area (Å²) in [5, 5.41) is 16.7. The summed E-state index contributed by atoms with van der Waals surface area (Å²) in [4.78, 5) is 0. The molecule has 2 atom stereocenters. The van der Waals surface area contributed by atoms with Gasteiger partial charge in [-0.15, -0.1) is 0 Å². The van der Waals surface area contributed by atoms with E-state index >= 15 is 0 Å². The molecule has 4 nitrogen and oxygen atoms in total. The van der Waals surface area contributed by atoms with Crippen LogP contribution in [0.15, 0.2) is 0 Å². The highest BCUT2D eigenvalue weighted by molar-refractivity contribution is 4.82. The molecule has 1 heterocycles. The number of rotatable bonds is 2. The van der Waals surface area contributed by atoms with Crippen molar-refractivity contribution in [3.05, 3.63) is 0 Å². The lowest BCUT2D eigenvalue weighted by atomic mass is 10.2. The van der Waals surface area contributed by atoms with Gasteiger partial charge >= 0.3 is 0 Å². The molecule has 0 aromatic carbocycles. The van der Waals surface area contributed by atoms with Crippen LogP contribution in [0.5, 0.6) is 0 Å². The monoisotopic (exact) mass is 166 g/mol. The fourth-order valence-corrected chi connectivity index (χ4v) is 1.02. The first-order chi connectivity index (χ1) is 5.86. The fraction of sp³-hybridized carbons (Fsp3) is 0.750. The lowest BCUT2D eigenvalue weighted by Crippen LogP contribution is -2.35. The summed E-state index contributed by atoms with van der Waals surface area (Å²) in [6.45, 7) is 0.861. The van der Waals surface area contributed by atoms with Gasteiger partial charge in [-0.3, -0.25) is 0 Å². The molecule has 1 fully saturated rings. The molecule has 4 heteroatoms. The van der Waals surface area contributed by atoms with Crippen molar-refractivity contribution < 1.29 is 9.47 Å². The van der Waals surface area contributed by atoms with Crippen LogP contribution in [0.1, 0.15) is 12.8 Å². The summed E-state index contributed by atoms with van der Waals surface area (Å²) in [6, 6.07) is 4.03. The van der Waals surface area contributed by atoms with E-state index in [0.717, 1.165) is 0 Å². The number of hydrogen-bond donors (Lipinski definition) is 0. The van der Waals surface area contributed by atoms with Gasteiger partial charge in [-0.1, -0.05) is 0 Å². The minimum absolute atomic E-state index is 0.107. The Labute approximate surface area is 71.3 Å². The average molecular weight is 166 g/mol. The molecule has 0 bridgehead atoms. The molecular weight excluding hydrogens is 156 g/mol. The van der Waals surface area contributed by atoms with E-state index in [0.29, 0.717) is 26.1 Å². The zero-order valence-electron chi connectivity index (χ0n) is 6.69. The fourth-order valence-electron chi connectivity index (χ4n) is 1.02. The van der Waals surface area contributed by atoms with E-state index in [2.05, 4.69) is 0 Å². The summed E-state index contributed by atoms with van der Waals surface area (Å²) in [5.74, 6) is 0. The Morgan fingerprint density at radius 2 is 1.42 bits per heavy atom. The molecular formula is C8H10N2O2. The lowest BCUT2D eigenvalue weighted by molar-refractivity contribution is -0.128. The molecule has 2 unspecified atom stereocenters. The van der Waals surface area contributed by atoms with Gasteiger partial charge in [-0.2, -0.15) is 10.5 Å². The van der Waals surface area contributed by atoms with Crippen molar-refractivity contribution in [2.45, 2.75) is 25.0 Å². The van der Waals surface area contributed by atoms with Crippen molar-refractivity contribution in [2.75, 3.05) is 13.2 Å². The molecule has 64 valence electrons. The third-order valence-corrected chi connectivity index (χ3v) is 1.67. The van der Waals surface area contributed by atoms with Gasteiger partial charge < -0.3 is 9.47 Å². The Morgan fingerprint density at radius 3 is 1.67 bits per heavy atom. The van der Waals surface area contributed by atoms with Crippen LogP contribution >= 0.6 is 0 Å². The van der Waals surface area contributed by atoms with Crippen molar-refractivity contribution in [3.8, 4) is 12.1 Å². The van der Waals surface area contributed by atoms with Gasteiger partial charge in [0.15, 0.2) is 0 Å². The van der Waals surface area contributed by atoms with Crippen molar-refractivity contribution >= 4 is 0 Å². The van der Waals surface area contributed by atoms with Crippen LogP contribution in [0.4, 0.5) is 0 Å². The van der Waals surface area contributed by atoms with E-state index < -0.39 is 0 Å². The molecule has 0 amide bonds. The van der Waals surface area contributed by atoms with Crippen molar-refractivity contribution in [2.24, 2.45) is 0 Å². The Morgan fingerprint density at radius 1 is 1.00 bits per heavy atom. The Hall–Kier alpha value is -1.10. The van der Waals surface area contributed by atoms with Crippen LogP contribution in [-0.2, 0) is 9.47 Å². The van der Waals surface area contributed by atoms with E-state index in [1.165, 1.54) is 0 Å². The van der Waals surface area contributed by atoms with Crippen LogP contribution in [0.25, 0.3) is 0 Å². The minimum atomic E-state index is -0.107. The van der Waals surface area contributed by atoms with Gasteiger partial charge in [0.25, 0.3) is 0 Å². The Bertz CT molecular complexity index is 184. The van der Waals surface area contributed by atoms with Crippen LogP contribution in [0, 0.1) is 22.7 Å². The highest BCUT2D eigenvalue weighted by Gasteiger charge is 2.21. The average Bonchev–Trinajstić information content (AvgIpc) is 2.09. The molecule has 1 rings (SSSR count). The second-order valence-electron chi connectivity index (χ2n) is 2.64. The quantitative estimate of drug-likeness (QED) is 0.602. The first-order valence-electron chi connectivity index (χ1n) is 3.84. The number of hydrogen-bond acceptors (Lipinski definition) is 4. The topological polar surface area (TPSA) is 66.0 Å². The predicted molar refractivity (Wildman–Crippen MR) is 39.9 cm³/mol. The van der Waals surface area contributed by atoms with Gasteiger partial charge in [0.2, 0.25) is 0 Å². The highest BCUT2D eigenvalue weighted by Crippen LogP contribution is 2.11. The van der Waals surface area contributed by atoms with Gasteiger partial charge in [0.1, 0.15) is 0 Å². The van der Waals surface area contributed by atoms with Gasteiger partial charge in [-0.05, 0) is 0 Å². The Kier molecular flexibility index (Phi) is 3.53. The third kappa shape index (κ3) is 2.50. The molecule has 0 radical (unpaired) electrons. The van der Waals surface area contributed by atoms with Crippen LogP contribution in [0.2, 0.25) is 0 Å². The second-order valence-corrected chi connectivity index (χ2v) is 2.64. The van der Waals surface area contributed by atoms with Gasteiger partial charge in [0.05, 0.1) is 50.4 Å². The predicted octanol–water partition coefficient (Wildman–Crippen LogP) is 0.598. The van der Waals surface area contributed by atoms with E-state index in [1.54, 1.807) is 0 Å². The lowest BCUT2D eigenvalue weighted by Gasteiger charge is -2.26. The number of nitrogens with zero attached hydrogens (tertiary/aromatic N) is 2. The Balaban J connectivity index is 2.22. The second kappa shape index (κ2) is 4.71. The molecule has 0 spiro atoms. The van der Waals surface area contributed by atoms with E-state index in [1.807, 2.05) is 12.1 Å². The maximum absolute atomic E-state index is 8.35. The molecule has 1 saturated heterocycles. The molecule has 0 N–H and O–H groups in total. The summed E-state index contributed by atoms with van der Waals surface area (Å²) in [6.07, 6.45) is 0.508. The zero-order chi connectivity index (χ0) is 8.81. The van der Waals surface area contributed by atoms with E-state index in [9.17, 15) is 0 Å². The van der Waals surface area contributed by atoms with Crippen LogP contribution < -0.4 is 0 Å². The molecule has 0 aromatic rings. The molecule has 0 saturated carbocycles. The van der Waals surface area contributed by atoms with Crippen LogP contribution in [-0.4, -0.2) is 25.4 Å². The number of nitriles is 2. The first-order valence-corrected chi connectivity index (χ1v) is 3.84. The van der Waals surface area contributed by atoms with Crippen molar-refractivity contribution in [1.82, 2.24) is 0 Å². The molecule has 0 aromatic heterocycles. The smallest absolute Gasteiger partial charge is 0.0939 e. The normalized spacial score (nSPS) is 28.8. The standard InChI is InChI=1S/C8H10N2O2/c9-3-1-7-5-12-8(2-4-10)6-11-7/h7-8H,1-2,5-6H2. The SMILES string of the molecule is N#CCC1COC(CC#N)CO1. The molecule has 12 heavy (non-hydrogen) atoms. The largest absolute Gasteiger partial charge is 0.372 e. The van der Waals surface area contributed by atoms with Gasteiger partial charge in [-0.25, -0.2) is 0 Å². The maximum Gasteiger partial charge on any atom is 0.0939 e. The van der Waals surface area contributed by atoms with E-state index in [4.69, 9.17) is 20.0 Å². The summed E-state index contributed by atoms with van der Waals surface area (Å²) < 4.78 is 10.6.